The molecule has 3 N–H and O–H groups in total. The third-order valence-corrected chi connectivity index (χ3v) is 2.68. The van der Waals surface area contributed by atoms with Gasteiger partial charge >= 0.3 is 0 Å². The van der Waals surface area contributed by atoms with E-state index in [1.807, 2.05) is 0 Å². The monoisotopic (exact) mass is 260 g/mol. The predicted octanol–water partition coefficient (Wildman–Crippen LogP) is 0.765. The molecule has 0 bridgehead atoms. The number of anilines is 1. The van der Waals surface area contributed by atoms with Crippen molar-refractivity contribution in [1.82, 2.24) is 5.32 Å². The summed E-state index contributed by atoms with van der Waals surface area (Å²) in [5.41, 5.74) is -0.555. The van der Waals surface area contributed by atoms with Crippen molar-refractivity contribution in [3.8, 4) is 0 Å². The molecule has 1 fully saturated rings. The largest absolute Gasteiger partial charge is 0.392 e. The average Bonchev–Trinajstić information content (AvgIpc) is 2.72. The van der Waals surface area contributed by atoms with E-state index in [1.54, 1.807) is 0 Å². The van der Waals surface area contributed by atoms with Crippen LogP contribution in [0.1, 0.15) is 6.42 Å². The van der Waals surface area contributed by atoms with Crippen molar-refractivity contribution in [3.05, 3.63) is 29.6 Å². The number of benzene rings is 1. The van der Waals surface area contributed by atoms with E-state index in [0.717, 1.165) is 0 Å². The number of amides is 1. The molecule has 0 spiro atoms. The minimum Gasteiger partial charge on any atom is -0.392 e. The van der Waals surface area contributed by atoms with Gasteiger partial charge < -0.3 is 15.7 Å². The standard InChI is InChI=1S/C11H11F3N2O2/c12-5-1-7(13)10(14)8(2-5)16-11(18)9-3-6(17)4-15-9/h1-2,6,9,15,17H,3-4H2,(H,16,18). The Morgan fingerprint density at radius 2 is 2.11 bits per heavy atom. The first-order chi connectivity index (χ1) is 8.47. The summed E-state index contributed by atoms with van der Waals surface area (Å²) < 4.78 is 39.1. The van der Waals surface area contributed by atoms with Gasteiger partial charge in [-0.2, -0.15) is 0 Å². The highest BCUT2D eigenvalue weighted by Crippen LogP contribution is 2.20. The minimum absolute atomic E-state index is 0.172. The number of aliphatic hydroxyl groups is 1. The molecule has 0 radical (unpaired) electrons. The van der Waals surface area contributed by atoms with Crippen LogP contribution in [-0.2, 0) is 4.79 Å². The van der Waals surface area contributed by atoms with Gasteiger partial charge in [-0.1, -0.05) is 0 Å². The molecule has 4 nitrogen and oxygen atoms in total. The van der Waals surface area contributed by atoms with Crippen LogP contribution in [-0.4, -0.2) is 29.7 Å². The maximum absolute atomic E-state index is 13.3. The van der Waals surface area contributed by atoms with Gasteiger partial charge in [0.1, 0.15) is 5.82 Å². The van der Waals surface area contributed by atoms with Gasteiger partial charge in [0.2, 0.25) is 5.91 Å². The summed E-state index contributed by atoms with van der Waals surface area (Å²) in [7, 11) is 0. The van der Waals surface area contributed by atoms with E-state index >= 15 is 0 Å². The molecule has 1 aromatic rings. The molecule has 1 aromatic carbocycles. The van der Waals surface area contributed by atoms with Gasteiger partial charge in [-0.05, 0) is 6.42 Å². The molecule has 0 aliphatic carbocycles. The Hall–Kier alpha value is -1.60. The Balaban J connectivity index is 2.12. The molecule has 2 atom stereocenters. The number of hydrogen-bond acceptors (Lipinski definition) is 3. The molecule has 1 aliphatic rings. The van der Waals surface area contributed by atoms with E-state index in [-0.39, 0.29) is 13.0 Å². The number of hydrogen-bond donors (Lipinski definition) is 3. The van der Waals surface area contributed by atoms with Gasteiger partial charge in [0, 0.05) is 18.7 Å². The van der Waals surface area contributed by atoms with E-state index in [4.69, 9.17) is 0 Å². The summed E-state index contributed by atoms with van der Waals surface area (Å²) in [5.74, 6) is -4.31. The van der Waals surface area contributed by atoms with Crippen molar-refractivity contribution in [2.75, 3.05) is 11.9 Å². The van der Waals surface area contributed by atoms with Gasteiger partial charge in [0.25, 0.3) is 0 Å². The first-order valence-electron chi connectivity index (χ1n) is 5.34. The Morgan fingerprint density at radius 1 is 1.39 bits per heavy atom. The second-order valence-corrected chi connectivity index (χ2v) is 4.09. The zero-order valence-corrected chi connectivity index (χ0v) is 9.21. The molecular formula is C11H11F3N2O2. The lowest BCUT2D eigenvalue weighted by Crippen LogP contribution is -2.35. The van der Waals surface area contributed by atoms with E-state index < -0.39 is 41.2 Å². The van der Waals surface area contributed by atoms with Crippen LogP contribution in [0.5, 0.6) is 0 Å². The topological polar surface area (TPSA) is 61.4 Å². The summed E-state index contributed by atoms with van der Waals surface area (Å²) in [4.78, 5) is 11.6. The third kappa shape index (κ3) is 2.62. The zero-order chi connectivity index (χ0) is 13.3. The molecule has 18 heavy (non-hydrogen) atoms. The molecule has 0 saturated carbocycles. The fourth-order valence-corrected chi connectivity index (χ4v) is 1.78. The van der Waals surface area contributed by atoms with E-state index in [0.29, 0.717) is 12.1 Å². The van der Waals surface area contributed by atoms with Crippen molar-refractivity contribution < 1.29 is 23.1 Å². The van der Waals surface area contributed by atoms with E-state index in [1.165, 1.54) is 0 Å². The van der Waals surface area contributed by atoms with Crippen LogP contribution in [0.2, 0.25) is 0 Å². The molecule has 1 saturated heterocycles. The van der Waals surface area contributed by atoms with E-state index in [2.05, 4.69) is 10.6 Å². The maximum Gasteiger partial charge on any atom is 0.241 e. The molecular weight excluding hydrogens is 249 g/mol. The Bertz CT molecular complexity index is 482. The summed E-state index contributed by atoms with van der Waals surface area (Å²) in [5, 5.41) is 14.0. The highest BCUT2D eigenvalue weighted by Gasteiger charge is 2.28. The highest BCUT2D eigenvalue weighted by atomic mass is 19.2. The van der Waals surface area contributed by atoms with Gasteiger partial charge in [-0.3, -0.25) is 4.79 Å². The summed E-state index contributed by atoms with van der Waals surface area (Å²) >= 11 is 0. The normalized spacial score (nSPS) is 23.1. The van der Waals surface area contributed by atoms with Gasteiger partial charge in [-0.15, -0.1) is 0 Å². The van der Waals surface area contributed by atoms with Crippen LogP contribution < -0.4 is 10.6 Å². The smallest absolute Gasteiger partial charge is 0.241 e. The molecule has 2 unspecified atom stereocenters. The summed E-state index contributed by atoms with van der Waals surface area (Å²) in [6.45, 7) is 0.248. The highest BCUT2D eigenvalue weighted by molar-refractivity contribution is 5.95. The minimum atomic E-state index is -1.37. The van der Waals surface area contributed by atoms with Gasteiger partial charge in [0.05, 0.1) is 17.8 Å². The zero-order valence-electron chi connectivity index (χ0n) is 9.21. The van der Waals surface area contributed by atoms with Crippen molar-refractivity contribution in [2.24, 2.45) is 0 Å². The summed E-state index contributed by atoms with van der Waals surface area (Å²) in [6, 6.07) is 0.385. The molecule has 98 valence electrons. The van der Waals surface area contributed by atoms with Gasteiger partial charge in [0.15, 0.2) is 11.6 Å². The van der Waals surface area contributed by atoms with Crippen molar-refractivity contribution in [1.29, 1.82) is 0 Å². The third-order valence-electron chi connectivity index (χ3n) is 2.68. The van der Waals surface area contributed by atoms with Crippen molar-refractivity contribution >= 4 is 11.6 Å². The number of rotatable bonds is 2. The van der Waals surface area contributed by atoms with E-state index in [9.17, 15) is 23.1 Å². The Morgan fingerprint density at radius 3 is 2.72 bits per heavy atom. The molecule has 1 aliphatic heterocycles. The molecule has 1 amide bonds. The number of carbonyl (C=O) groups excluding carboxylic acids is 1. The van der Waals surface area contributed by atoms with Crippen molar-refractivity contribution in [2.45, 2.75) is 18.6 Å². The van der Waals surface area contributed by atoms with Gasteiger partial charge in [-0.25, -0.2) is 13.2 Å². The van der Waals surface area contributed by atoms with Crippen LogP contribution >= 0.6 is 0 Å². The quantitative estimate of drug-likeness (QED) is 0.688. The van der Waals surface area contributed by atoms with Crippen LogP contribution in [0, 0.1) is 17.5 Å². The lowest BCUT2D eigenvalue weighted by Gasteiger charge is -2.12. The lowest BCUT2D eigenvalue weighted by molar-refractivity contribution is -0.118. The molecule has 7 heteroatoms. The van der Waals surface area contributed by atoms with Crippen LogP contribution in [0.3, 0.4) is 0 Å². The van der Waals surface area contributed by atoms with Crippen LogP contribution in [0.15, 0.2) is 12.1 Å². The number of aliphatic hydroxyl groups excluding tert-OH is 1. The fourth-order valence-electron chi connectivity index (χ4n) is 1.78. The lowest BCUT2D eigenvalue weighted by atomic mass is 10.2. The number of nitrogens with one attached hydrogen (secondary N) is 2. The number of halogens is 3. The van der Waals surface area contributed by atoms with Crippen LogP contribution in [0.25, 0.3) is 0 Å². The fraction of sp³-hybridized carbons (Fsp3) is 0.364. The molecule has 1 heterocycles. The second kappa shape index (κ2) is 4.95. The number of carbonyl (C=O) groups is 1. The SMILES string of the molecule is O=C(Nc1cc(F)cc(F)c1F)C1CC(O)CN1. The van der Waals surface area contributed by atoms with Crippen LogP contribution in [0.4, 0.5) is 18.9 Å². The first-order valence-corrected chi connectivity index (χ1v) is 5.34. The van der Waals surface area contributed by atoms with Crippen molar-refractivity contribution in [3.63, 3.8) is 0 Å². The predicted molar refractivity (Wildman–Crippen MR) is 57.4 cm³/mol. The molecule has 0 aromatic heterocycles. The second-order valence-electron chi connectivity index (χ2n) is 4.09. The first kappa shape index (κ1) is 12.8. The molecule has 2 rings (SSSR count). The Labute approximate surface area is 101 Å². The summed E-state index contributed by atoms with van der Waals surface area (Å²) in [6.07, 6.45) is -0.486. The Kier molecular flexibility index (Phi) is 3.53. The maximum atomic E-state index is 13.3. The average molecular weight is 260 g/mol. The number of β-amino-alcohol motifs (C(OH)–C–C–N with tert-alkyl or cyclic N) is 1.